The summed E-state index contributed by atoms with van der Waals surface area (Å²) in [6.07, 6.45) is 0. The molecule has 0 spiro atoms. The van der Waals surface area contributed by atoms with Crippen LogP contribution >= 0.6 is 0 Å². The smallest absolute Gasteiger partial charge is 0.261 e. The second-order valence-electron chi connectivity index (χ2n) is 7.63. The first-order valence-corrected chi connectivity index (χ1v) is 9.65. The highest BCUT2D eigenvalue weighted by atomic mass is 19.1. The fraction of sp³-hybridized carbons (Fsp3) is 0.238. The number of rotatable bonds is 2. The first kappa shape index (κ1) is 18.6. The summed E-state index contributed by atoms with van der Waals surface area (Å²) < 4.78 is 28.5. The molecule has 4 aromatic rings. The van der Waals surface area contributed by atoms with E-state index < -0.39 is 11.4 Å². The van der Waals surface area contributed by atoms with Crippen LogP contribution in [0.15, 0.2) is 35.1 Å². The van der Waals surface area contributed by atoms with Crippen LogP contribution in [0.4, 0.5) is 20.2 Å². The molecule has 0 bridgehead atoms. The summed E-state index contributed by atoms with van der Waals surface area (Å²) in [7, 11) is 2.04. The van der Waals surface area contributed by atoms with Crippen molar-refractivity contribution in [1.29, 1.82) is 0 Å². The number of nitrogens with zero attached hydrogens (tertiary/aromatic N) is 3. The molecule has 2 aromatic carbocycles. The van der Waals surface area contributed by atoms with E-state index in [4.69, 9.17) is 5.73 Å². The highest BCUT2D eigenvalue weighted by Gasteiger charge is 2.21. The molecule has 4 N–H and O–H groups in total. The summed E-state index contributed by atoms with van der Waals surface area (Å²) in [5.74, 6) is -0.606. The van der Waals surface area contributed by atoms with Crippen molar-refractivity contribution in [2.75, 3.05) is 43.9 Å². The van der Waals surface area contributed by atoms with Crippen LogP contribution in [0.1, 0.15) is 0 Å². The Bertz CT molecular complexity index is 1340. The monoisotopic (exact) mass is 410 g/mol. The lowest BCUT2D eigenvalue weighted by Crippen LogP contribution is -2.44. The highest BCUT2D eigenvalue weighted by molar-refractivity contribution is 5.98. The van der Waals surface area contributed by atoms with Crippen LogP contribution in [-0.4, -0.2) is 53.1 Å². The molecule has 0 aliphatic carbocycles. The molecular weight excluding hydrogens is 390 g/mol. The zero-order valence-electron chi connectivity index (χ0n) is 16.3. The number of likely N-dealkylation sites (N-methyl/N-ethyl adjacent to an activating group) is 1. The molecule has 0 amide bonds. The lowest BCUT2D eigenvalue weighted by atomic mass is 10.1. The number of hydrogen-bond donors (Lipinski definition) is 3. The number of fused-ring (bicyclic) bond motifs is 2. The molecule has 1 aliphatic rings. The van der Waals surface area contributed by atoms with Crippen molar-refractivity contribution >= 4 is 33.3 Å². The van der Waals surface area contributed by atoms with E-state index >= 15 is 0 Å². The van der Waals surface area contributed by atoms with E-state index in [1.807, 2.05) is 11.9 Å². The van der Waals surface area contributed by atoms with Crippen LogP contribution in [0, 0.1) is 11.6 Å². The molecule has 2 aromatic heterocycles. The van der Waals surface area contributed by atoms with Gasteiger partial charge in [0, 0.05) is 37.6 Å². The quantitative estimate of drug-likeness (QED) is 0.472. The van der Waals surface area contributed by atoms with Crippen LogP contribution < -0.4 is 16.2 Å². The Kier molecular flexibility index (Phi) is 4.21. The third kappa shape index (κ3) is 2.98. The molecule has 1 aliphatic heterocycles. The van der Waals surface area contributed by atoms with Gasteiger partial charge in [0.25, 0.3) is 5.56 Å². The number of H-pyrrole nitrogens is 2. The lowest BCUT2D eigenvalue weighted by Gasteiger charge is -2.34. The normalized spacial score (nSPS) is 15.4. The molecule has 0 saturated carbocycles. The molecule has 3 heterocycles. The number of pyridine rings is 1. The SMILES string of the molecule is CN1CCN(c2cc3nc(-c4c(N)c5cc(F)ccc5[nH]c4=O)[nH]c3cc2F)CC1. The van der Waals surface area contributed by atoms with Crippen molar-refractivity contribution in [2.45, 2.75) is 0 Å². The van der Waals surface area contributed by atoms with Gasteiger partial charge in [-0.3, -0.25) is 4.79 Å². The van der Waals surface area contributed by atoms with Gasteiger partial charge < -0.3 is 25.5 Å². The van der Waals surface area contributed by atoms with E-state index in [1.54, 1.807) is 6.07 Å². The van der Waals surface area contributed by atoms with Crippen molar-refractivity contribution in [2.24, 2.45) is 0 Å². The Morgan fingerprint density at radius 1 is 1.03 bits per heavy atom. The topological polar surface area (TPSA) is 94.0 Å². The van der Waals surface area contributed by atoms with E-state index in [0.717, 1.165) is 26.2 Å². The van der Waals surface area contributed by atoms with Crippen LogP contribution in [0.25, 0.3) is 33.3 Å². The van der Waals surface area contributed by atoms with Crippen LogP contribution in [0.3, 0.4) is 0 Å². The number of aromatic amines is 2. The number of nitrogens with one attached hydrogen (secondary N) is 2. The second kappa shape index (κ2) is 6.81. The van der Waals surface area contributed by atoms with Crippen molar-refractivity contribution in [1.82, 2.24) is 19.9 Å². The van der Waals surface area contributed by atoms with Gasteiger partial charge in [-0.2, -0.15) is 0 Å². The summed E-state index contributed by atoms with van der Waals surface area (Å²) >= 11 is 0. The molecule has 0 unspecified atom stereocenters. The minimum atomic E-state index is -0.462. The summed E-state index contributed by atoms with van der Waals surface area (Å²) in [6.45, 7) is 3.14. The second-order valence-corrected chi connectivity index (χ2v) is 7.63. The van der Waals surface area contributed by atoms with Crippen molar-refractivity contribution in [3.8, 4) is 11.4 Å². The number of aromatic nitrogens is 3. The number of piperazine rings is 1. The van der Waals surface area contributed by atoms with Crippen LogP contribution in [-0.2, 0) is 0 Å². The van der Waals surface area contributed by atoms with Gasteiger partial charge in [0.05, 0.1) is 27.9 Å². The third-order valence-electron chi connectivity index (χ3n) is 5.65. The zero-order valence-corrected chi connectivity index (χ0v) is 16.3. The maximum absolute atomic E-state index is 14.8. The number of benzene rings is 2. The van der Waals surface area contributed by atoms with Gasteiger partial charge in [-0.15, -0.1) is 0 Å². The number of nitrogens with two attached hydrogens (primary N) is 1. The Balaban J connectivity index is 1.63. The van der Waals surface area contributed by atoms with Crippen molar-refractivity contribution in [3.63, 3.8) is 0 Å². The molecule has 154 valence electrons. The maximum atomic E-state index is 14.8. The Labute approximate surface area is 170 Å². The lowest BCUT2D eigenvalue weighted by molar-refractivity contribution is 0.312. The molecule has 30 heavy (non-hydrogen) atoms. The number of halogens is 2. The Hall–Kier alpha value is -3.46. The van der Waals surface area contributed by atoms with E-state index in [2.05, 4.69) is 19.9 Å². The van der Waals surface area contributed by atoms with E-state index in [9.17, 15) is 13.6 Å². The molecule has 9 heteroatoms. The average molecular weight is 410 g/mol. The first-order chi connectivity index (χ1) is 14.4. The van der Waals surface area contributed by atoms with Gasteiger partial charge in [0.15, 0.2) is 0 Å². The van der Waals surface area contributed by atoms with Gasteiger partial charge in [-0.25, -0.2) is 13.8 Å². The fourth-order valence-electron chi connectivity index (χ4n) is 3.95. The van der Waals surface area contributed by atoms with Gasteiger partial charge in [-0.05, 0) is 31.3 Å². The van der Waals surface area contributed by atoms with Crippen LogP contribution in [0.2, 0.25) is 0 Å². The number of imidazole rings is 1. The van der Waals surface area contributed by atoms with Crippen molar-refractivity contribution < 1.29 is 8.78 Å². The van der Waals surface area contributed by atoms with Gasteiger partial charge in [0.2, 0.25) is 0 Å². The molecular formula is C21H20F2N6O. The van der Waals surface area contributed by atoms with E-state index in [-0.39, 0.29) is 22.9 Å². The summed E-state index contributed by atoms with van der Waals surface area (Å²) in [5, 5.41) is 0.384. The third-order valence-corrected chi connectivity index (χ3v) is 5.65. The standard InChI is InChI=1S/C21H20F2N6O/c1-28-4-6-29(7-5-28)17-10-16-15(9-13(17)23)25-20(26-16)18-19(24)12-8-11(22)2-3-14(12)27-21(18)30/h2-3,8-10H,4-7H2,1H3,(H,25,26)(H3,24,27,30). The highest BCUT2D eigenvalue weighted by Crippen LogP contribution is 2.31. The minimum absolute atomic E-state index is 0.103. The van der Waals surface area contributed by atoms with Gasteiger partial charge in [0.1, 0.15) is 23.0 Å². The Morgan fingerprint density at radius 2 is 1.80 bits per heavy atom. The van der Waals surface area contributed by atoms with Crippen molar-refractivity contribution in [3.05, 3.63) is 52.3 Å². The number of nitrogen functional groups attached to an aromatic ring is 1. The summed E-state index contributed by atoms with van der Waals surface area (Å²) in [5.41, 5.74) is 7.86. The molecule has 0 radical (unpaired) electrons. The predicted octanol–water partition coefficient (Wildman–Crippen LogP) is 2.68. The van der Waals surface area contributed by atoms with E-state index in [1.165, 1.54) is 24.3 Å². The van der Waals surface area contributed by atoms with Gasteiger partial charge >= 0.3 is 0 Å². The Morgan fingerprint density at radius 3 is 2.57 bits per heavy atom. The van der Waals surface area contributed by atoms with E-state index in [0.29, 0.717) is 27.6 Å². The maximum Gasteiger partial charge on any atom is 0.261 e. The van der Waals surface area contributed by atoms with Gasteiger partial charge in [-0.1, -0.05) is 0 Å². The number of hydrogen-bond acceptors (Lipinski definition) is 5. The molecule has 7 nitrogen and oxygen atoms in total. The van der Waals surface area contributed by atoms with Crippen LogP contribution in [0.5, 0.6) is 0 Å². The average Bonchev–Trinajstić information content (AvgIpc) is 3.11. The fourth-order valence-corrected chi connectivity index (χ4v) is 3.95. The molecule has 1 fully saturated rings. The largest absolute Gasteiger partial charge is 0.397 e. The molecule has 1 saturated heterocycles. The molecule has 0 atom stereocenters. The first-order valence-electron chi connectivity index (χ1n) is 9.65. The number of anilines is 2. The zero-order chi connectivity index (χ0) is 21.0. The predicted molar refractivity (Wildman–Crippen MR) is 114 cm³/mol. The minimum Gasteiger partial charge on any atom is -0.397 e. The summed E-state index contributed by atoms with van der Waals surface area (Å²) in [6, 6.07) is 7.04. The molecule has 5 rings (SSSR count). The summed E-state index contributed by atoms with van der Waals surface area (Å²) in [4.78, 5) is 27.0.